The number of carbonyl (C=O) groups is 3. The highest BCUT2D eigenvalue weighted by Crippen LogP contribution is 2.46. The number of rotatable bonds is 21. The number of piperidine rings is 2. The Balaban J connectivity index is 1.44. The molecule has 7 atom stereocenters. The van der Waals surface area contributed by atoms with Gasteiger partial charge in [-0.05, 0) is 132 Å². The zero-order chi connectivity index (χ0) is 40.8. The number of carbonyl (C=O) groups excluding carboxylic acids is 3. The third-order valence-electron chi connectivity index (χ3n) is 12.8. The molecule has 0 bridgehead atoms. The number of aromatic hydroxyl groups is 1. The Morgan fingerprint density at radius 2 is 1.70 bits per heavy atom. The van der Waals surface area contributed by atoms with Gasteiger partial charge in [0.05, 0.1) is 19.3 Å². The lowest BCUT2D eigenvalue weighted by atomic mass is 9.66. The van der Waals surface area contributed by atoms with Crippen LogP contribution in [0.25, 0.3) is 0 Å². The zero-order valence-electron chi connectivity index (χ0n) is 34.3. The molecule has 5 rings (SSSR count). The average molecular weight is 794 g/mol. The molecule has 57 heavy (non-hydrogen) atoms. The molecule has 2 heterocycles. The first-order valence-electron chi connectivity index (χ1n) is 21.3. The molecule has 2 aliphatic heterocycles. The smallest absolute Gasteiger partial charge is 0.332 e. The topological polar surface area (TPSA) is 176 Å². The molecule has 2 saturated heterocycles. The summed E-state index contributed by atoms with van der Waals surface area (Å²) in [5, 5.41) is 41.9. The van der Waals surface area contributed by atoms with Gasteiger partial charge in [-0.15, -0.1) is 0 Å². The van der Waals surface area contributed by atoms with E-state index in [2.05, 4.69) is 28.1 Å². The molecule has 316 valence electrons. The van der Waals surface area contributed by atoms with Crippen molar-refractivity contribution in [3.8, 4) is 11.5 Å². The number of phenols is 1. The van der Waals surface area contributed by atoms with Crippen LogP contribution in [-0.2, 0) is 36.7 Å². The highest BCUT2D eigenvalue weighted by molar-refractivity contribution is 5.90. The van der Waals surface area contributed by atoms with Crippen LogP contribution in [0.5, 0.6) is 11.5 Å². The normalized spacial score (nSPS) is 23.2. The lowest BCUT2D eigenvalue weighted by Gasteiger charge is -2.49. The van der Waals surface area contributed by atoms with Crippen LogP contribution in [0.4, 0.5) is 0 Å². The number of ether oxygens (including phenoxy) is 3. The van der Waals surface area contributed by atoms with Crippen molar-refractivity contribution in [1.82, 2.24) is 16.0 Å². The Morgan fingerprint density at radius 1 is 0.947 bits per heavy atom. The van der Waals surface area contributed by atoms with Gasteiger partial charge in [-0.25, -0.2) is 4.79 Å². The maximum atomic E-state index is 14.8. The molecular weight excluding hydrogens is 727 g/mol. The van der Waals surface area contributed by atoms with Gasteiger partial charge in [0, 0.05) is 31.7 Å². The first-order valence-corrected chi connectivity index (χ1v) is 21.3. The predicted octanol–water partition coefficient (Wildman–Crippen LogP) is 5.14. The molecule has 0 spiro atoms. The summed E-state index contributed by atoms with van der Waals surface area (Å²) in [6, 6.07) is 15.5. The molecule has 1 amide bonds. The Kier molecular flexibility index (Phi) is 16.6. The van der Waals surface area contributed by atoms with Crippen molar-refractivity contribution in [2.24, 2.45) is 17.3 Å². The Labute approximate surface area is 338 Å². The number of phenolic OH excluding ortho intramolecular Hbond substituents is 1. The van der Waals surface area contributed by atoms with E-state index in [0.717, 1.165) is 37.8 Å². The maximum absolute atomic E-state index is 14.8. The number of hydrogen-bond donors (Lipinski definition) is 6. The van der Waals surface area contributed by atoms with Crippen LogP contribution in [0.1, 0.15) is 108 Å². The van der Waals surface area contributed by atoms with Gasteiger partial charge in [0.25, 0.3) is 0 Å². The highest BCUT2D eigenvalue weighted by Gasteiger charge is 2.54. The van der Waals surface area contributed by atoms with Crippen LogP contribution in [0.15, 0.2) is 48.5 Å². The van der Waals surface area contributed by atoms with E-state index >= 15 is 0 Å². The van der Waals surface area contributed by atoms with E-state index in [1.165, 1.54) is 19.6 Å². The minimum atomic E-state index is -1.11. The number of methoxy groups -OCH3 is 1. The summed E-state index contributed by atoms with van der Waals surface area (Å²) in [6.45, 7) is 5.62. The van der Waals surface area contributed by atoms with E-state index in [4.69, 9.17) is 14.2 Å². The van der Waals surface area contributed by atoms with Gasteiger partial charge < -0.3 is 45.5 Å². The van der Waals surface area contributed by atoms with Gasteiger partial charge in [-0.1, -0.05) is 49.2 Å². The Bertz CT molecular complexity index is 1580. The molecule has 2 aromatic rings. The van der Waals surface area contributed by atoms with Crippen LogP contribution >= 0.6 is 0 Å². The average Bonchev–Trinajstić information content (AvgIpc) is 3.20. The number of amides is 1. The number of fused-ring (bicyclic) bond motifs is 1. The molecule has 0 aromatic heterocycles. The summed E-state index contributed by atoms with van der Waals surface area (Å²) in [5.74, 6) is -0.904. The quantitative estimate of drug-likeness (QED) is 0.0730. The van der Waals surface area contributed by atoms with Gasteiger partial charge in [0.1, 0.15) is 17.7 Å². The number of esters is 2. The molecule has 12 heteroatoms. The zero-order valence-corrected chi connectivity index (χ0v) is 34.3. The number of nitrogens with one attached hydrogen (secondary N) is 3. The second-order valence-electron chi connectivity index (χ2n) is 16.9. The van der Waals surface area contributed by atoms with Crippen LogP contribution in [0, 0.1) is 17.3 Å². The van der Waals surface area contributed by atoms with Crippen molar-refractivity contribution < 1.29 is 43.9 Å². The largest absolute Gasteiger partial charge is 0.504 e. The van der Waals surface area contributed by atoms with Crippen molar-refractivity contribution in [2.45, 2.75) is 140 Å². The summed E-state index contributed by atoms with van der Waals surface area (Å²) in [7, 11) is 1.51. The monoisotopic (exact) mass is 793 g/mol. The van der Waals surface area contributed by atoms with E-state index in [-0.39, 0.29) is 29.9 Å². The van der Waals surface area contributed by atoms with E-state index in [1.54, 1.807) is 13.0 Å². The third kappa shape index (κ3) is 12.4. The number of benzene rings is 2. The second-order valence-corrected chi connectivity index (χ2v) is 16.9. The standard InChI is InChI=1S/C45H67N3O9/c1-31(49)12-14-35(15-17-37(51)30-47-24-20-33-9-5-4-6-10-33)39(56-32(2)50)28-41(57-43(54)45-21-8-7-11-36(45)16-19-42(53)48-45)44(22-25-46-26-23-44)29-34-13-18-38(52)40(27-34)55-3/h4-6,9-10,13,18,27,31,35-37,39,41,46-47,49,51-52H,7-8,11-12,14-17,19-26,28-30H2,1-3H3,(H,48,53). The van der Waals surface area contributed by atoms with Gasteiger partial charge in [-0.2, -0.15) is 0 Å². The van der Waals surface area contributed by atoms with Crippen molar-refractivity contribution in [3.63, 3.8) is 0 Å². The molecule has 0 radical (unpaired) electrons. The highest BCUT2D eigenvalue weighted by atomic mass is 16.6. The molecule has 12 nitrogen and oxygen atoms in total. The minimum Gasteiger partial charge on any atom is -0.504 e. The fourth-order valence-electron chi connectivity index (χ4n) is 9.56. The van der Waals surface area contributed by atoms with Crippen LogP contribution in [0.2, 0.25) is 0 Å². The minimum absolute atomic E-state index is 0.0201. The Morgan fingerprint density at radius 3 is 2.42 bits per heavy atom. The van der Waals surface area contributed by atoms with E-state index in [9.17, 15) is 29.7 Å². The molecule has 1 aliphatic carbocycles. The molecule has 1 saturated carbocycles. The summed E-state index contributed by atoms with van der Waals surface area (Å²) in [5.41, 5.74) is 0.419. The van der Waals surface area contributed by atoms with Crippen molar-refractivity contribution in [1.29, 1.82) is 0 Å². The lowest BCUT2D eigenvalue weighted by molar-refractivity contribution is -0.179. The first kappa shape index (κ1) is 44.4. The Hall–Kier alpha value is -3.71. The molecule has 2 aromatic carbocycles. The van der Waals surface area contributed by atoms with Crippen molar-refractivity contribution in [3.05, 3.63) is 59.7 Å². The van der Waals surface area contributed by atoms with Crippen molar-refractivity contribution >= 4 is 17.8 Å². The van der Waals surface area contributed by atoms with E-state index in [1.807, 2.05) is 30.3 Å². The van der Waals surface area contributed by atoms with Crippen LogP contribution in [0.3, 0.4) is 0 Å². The summed E-state index contributed by atoms with van der Waals surface area (Å²) in [6.07, 6.45) is 6.42. The van der Waals surface area contributed by atoms with Crippen LogP contribution < -0.4 is 20.7 Å². The van der Waals surface area contributed by atoms with Gasteiger partial charge >= 0.3 is 11.9 Å². The molecule has 7 unspecified atom stereocenters. The second kappa shape index (κ2) is 21.3. The summed E-state index contributed by atoms with van der Waals surface area (Å²) >= 11 is 0. The maximum Gasteiger partial charge on any atom is 0.332 e. The van der Waals surface area contributed by atoms with E-state index < -0.39 is 47.3 Å². The molecule has 3 aliphatic rings. The predicted molar refractivity (Wildman–Crippen MR) is 218 cm³/mol. The molecule has 6 N–H and O–H groups in total. The summed E-state index contributed by atoms with van der Waals surface area (Å²) < 4.78 is 18.5. The fourth-order valence-corrected chi connectivity index (χ4v) is 9.56. The number of hydrogen-bond acceptors (Lipinski definition) is 11. The molecule has 3 fully saturated rings. The SMILES string of the molecule is COc1cc(CC2(C(CC(OC(C)=O)C(CCC(C)O)CCC(O)CNCCc3ccccc3)OC(=O)C34CCCCC3CCC(=O)N4)CCNCC2)ccc1O. The van der Waals surface area contributed by atoms with Crippen molar-refractivity contribution in [2.75, 3.05) is 33.3 Å². The van der Waals surface area contributed by atoms with Gasteiger partial charge in [0.2, 0.25) is 5.91 Å². The lowest BCUT2D eigenvalue weighted by Crippen LogP contribution is -2.65. The fraction of sp³-hybridized carbons (Fsp3) is 0.667. The van der Waals surface area contributed by atoms with E-state index in [0.29, 0.717) is 89.6 Å². The number of aliphatic hydroxyl groups is 2. The van der Waals surface area contributed by atoms with Gasteiger partial charge in [-0.3, -0.25) is 9.59 Å². The molecular formula is C45H67N3O9. The first-order chi connectivity index (χ1) is 27.4. The summed E-state index contributed by atoms with van der Waals surface area (Å²) in [4.78, 5) is 40.7. The van der Waals surface area contributed by atoms with Gasteiger partial charge in [0.15, 0.2) is 11.5 Å². The third-order valence-corrected chi connectivity index (χ3v) is 12.8. The van der Waals surface area contributed by atoms with Crippen LogP contribution in [-0.4, -0.2) is 96.4 Å². The number of aliphatic hydroxyl groups excluding tert-OH is 2.